The molecule has 3 fully saturated rings. The second-order valence-corrected chi connectivity index (χ2v) is 5.39. The van der Waals surface area contributed by atoms with Gasteiger partial charge in [0.1, 0.15) is 5.60 Å². The maximum atomic E-state index is 11.3. The maximum absolute atomic E-state index is 11.3. The van der Waals surface area contributed by atoms with E-state index in [1.54, 1.807) is 0 Å². The normalized spacial score (nSPS) is 34.6. The lowest BCUT2D eigenvalue weighted by molar-refractivity contribution is -0.172. The molecule has 2 heteroatoms. The van der Waals surface area contributed by atoms with E-state index in [0.29, 0.717) is 0 Å². The number of rotatable bonds is 2. The molecule has 0 aromatic rings. The number of esters is 1. The zero-order valence-electron chi connectivity index (χ0n) is 10.0. The van der Waals surface area contributed by atoms with Crippen molar-refractivity contribution >= 4 is 5.97 Å². The van der Waals surface area contributed by atoms with E-state index in [0.717, 1.165) is 25.2 Å². The van der Waals surface area contributed by atoms with Gasteiger partial charge in [-0.1, -0.05) is 38.7 Å². The first-order valence-electron chi connectivity index (χ1n) is 6.59. The fraction of sp³-hybridized carbons (Fsp3) is 0.786. The summed E-state index contributed by atoms with van der Waals surface area (Å²) in [6.07, 6.45) is 12.4. The van der Waals surface area contributed by atoms with Crippen LogP contribution in [0.5, 0.6) is 0 Å². The molecule has 2 bridgehead atoms. The number of carbonyl (C=O) groups excluding carboxylic acids is 1. The van der Waals surface area contributed by atoms with E-state index < -0.39 is 0 Å². The zero-order valence-corrected chi connectivity index (χ0v) is 10.0. The zero-order chi connectivity index (χ0) is 11.4. The summed E-state index contributed by atoms with van der Waals surface area (Å²) in [5.41, 5.74) is -0.118. The number of hydrogen-bond acceptors (Lipinski definition) is 2. The van der Waals surface area contributed by atoms with Crippen LogP contribution in [0.3, 0.4) is 0 Å². The van der Waals surface area contributed by atoms with Crippen LogP contribution in [0.25, 0.3) is 0 Å². The SMILES string of the molecule is C=CC(=O)OC12CCCCCCCC(C1)C2. The topological polar surface area (TPSA) is 26.3 Å². The van der Waals surface area contributed by atoms with E-state index in [2.05, 4.69) is 6.58 Å². The molecule has 0 atom stereocenters. The summed E-state index contributed by atoms with van der Waals surface area (Å²) in [5.74, 6) is 0.561. The van der Waals surface area contributed by atoms with E-state index in [1.807, 2.05) is 0 Å². The predicted molar refractivity (Wildman–Crippen MR) is 64.1 cm³/mol. The quantitative estimate of drug-likeness (QED) is 0.527. The van der Waals surface area contributed by atoms with Gasteiger partial charge < -0.3 is 4.74 Å². The van der Waals surface area contributed by atoms with Gasteiger partial charge in [0, 0.05) is 6.08 Å². The van der Waals surface area contributed by atoms with Gasteiger partial charge in [0.2, 0.25) is 0 Å². The van der Waals surface area contributed by atoms with Crippen LogP contribution in [0.1, 0.15) is 57.8 Å². The molecule has 0 amide bonds. The first-order chi connectivity index (χ1) is 7.74. The van der Waals surface area contributed by atoms with Crippen molar-refractivity contribution in [3.8, 4) is 0 Å². The van der Waals surface area contributed by atoms with Crippen LogP contribution in [0, 0.1) is 5.92 Å². The smallest absolute Gasteiger partial charge is 0.330 e. The van der Waals surface area contributed by atoms with Crippen molar-refractivity contribution in [1.82, 2.24) is 0 Å². The molecule has 0 radical (unpaired) electrons. The van der Waals surface area contributed by atoms with E-state index in [1.165, 1.54) is 44.6 Å². The van der Waals surface area contributed by atoms with Gasteiger partial charge in [-0.2, -0.15) is 0 Å². The van der Waals surface area contributed by atoms with Gasteiger partial charge in [-0.15, -0.1) is 0 Å². The predicted octanol–water partition coefficient (Wildman–Crippen LogP) is 3.61. The Bertz CT molecular complexity index is 258. The van der Waals surface area contributed by atoms with Gasteiger partial charge in [0.05, 0.1) is 0 Å². The highest BCUT2D eigenvalue weighted by Gasteiger charge is 2.46. The summed E-state index contributed by atoms with van der Waals surface area (Å²) in [6.45, 7) is 3.48. The average molecular weight is 222 g/mol. The Morgan fingerprint density at radius 3 is 2.62 bits per heavy atom. The summed E-state index contributed by atoms with van der Waals surface area (Å²) in [6, 6.07) is 0. The van der Waals surface area contributed by atoms with Crippen LogP contribution in [-0.4, -0.2) is 11.6 Å². The van der Waals surface area contributed by atoms with Gasteiger partial charge in [-0.25, -0.2) is 4.79 Å². The summed E-state index contributed by atoms with van der Waals surface area (Å²) < 4.78 is 5.57. The second kappa shape index (κ2) is 5.03. The molecule has 2 nitrogen and oxygen atoms in total. The van der Waals surface area contributed by atoms with Crippen molar-refractivity contribution in [2.45, 2.75) is 63.4 Å². The van der Waals surface area contributed by atoms with Crippen molar-refractivity contribution < 1.29 is 9.53 Å². The van der Waals surface area contributed by atoms with Gasteiger partial charge in [-0.3, -0.25) is 0 Å². The molecular formula is C14H22O2. The first kappa shape index (κ1) is 11.7. The van der Waals surface area contributed by atoms with Gasteiger partial charge >= 0.3 is 5.97 Å². The highest BCUT2D eigenvalue weighted by Crippen LogP contribution is 2.47. The molecule has 0 N–H and O–H groups in total. The fourth-order valence-corrected chi connectivity index (χ4v) is 3.20. The Labute approximate surface area is 98.1 Å². The van der Waals surface area contributed by atoms with Crippen LogP contribution in [0.2, 0.25) is 0 Å². The van der Waals surface area contributed by atoms with Gasteiger partial charge in [-0.05, 0) is 31.6 Å². The molecular weight excluding hydrogens is 200 g/mol. The molecule has 90 valence electrons. The van der Waals surface area contributed by atoms with Crippen LogP contribution in [0.4, 0.5) is 0 Å². The van der Waals surface area contributed by atoms with E-state index >= 15 is 0 Å². The van der Waals surface area contributed by atoms with Crippen LogP contribution >= 0.6 is 0 Å². The Morgan fingerprint density at radius 1 is 1.19 bits per heavy atom. The minimum Gasteiger partial charge on any atom is -0.456 e. The molecule has 3 rings (SSSR count). The lowest BCUT2D eigenvalue weighted by Crippen LogP contribution is -2.47. The number of hydrogen-bond donors (Lipinski definition) is 0. The fourth-order valence-electron chi connectivity index (χ4n) is 3.20. The lowest BCUT2D eigenvalue weighted by atomic mass is 9.66. The lowest BCUT2D eigenvalue weighted by Gasteiger charge is -2.47. The second-order valence-electron chi connectivity index (χ2n) is 5.39. The summed E-state index contributed by atoms with van der Waals surface area (Å²) in [5, 5.41) is 0. The van der Waals surface area contributed by atoms with Crippen LogP contribution in [-0.2, 0) is 9.53 Å². The molecule has 3 aliphatic carbocycles. The summed E-state index contributed by atoms with van der Waals surface area (Å²) in [4.78, 5) is 11.3. The standard InChI is InChI=1S/C14H22O2/c1-2-13(15)16-14-9-7-5-3-4-6-8-12(10-14)11-14/h2,12H,1,3-11H2. The highest BCUT2D eigenvalue weighted by molar-refractivity contribution is 5.81. The molecule has 0 aliphatic heterocycles. The summed E-state index contributed by atoms with van der Waals surface area (Å²) >= 11 is 0. The number of carbonyl (C=O) groups is 1. The first-order valence-corrected chi connectivity index (χ1v) is 6.59. The van der Waals surface area contributed by atoms with E-state index in [4.69, 9.17) is 4.74 Å². The molecule has 0 spiro atoms. The third-order valence-electron chi connectivity index (χ3n) is 4.05. The highest BCUT2D eigenvalue weighted by atomic mass is 16.6. The van der Waals surface area contributed by atoms with Crippen molar-refractivity contribution in [3.05, 3.63) is 12.7 Å². The van der Waals surface area contributed by atoms with E-state index in [9.17, 15) is 4.79 Å². The molecule has 3 saturated carbocycles. The van der Waals surface area contributed by atoms with Crippen molar-refractivity contribution in [2.75, 3.05) is 0 Å². The van der Waals surface area contributed by atoms with Crippen LogP contribution in [0.15, 0.2) is 12.7 Å². The minimum absolute atomic E-state index is 0.118. The molecule has 0 saturated heterocycles. The Kier molecular flexibility index (Phi) is 3.67. The van der Waals surface area contributed by atoms with Crippen LogP contribution < -0.4 is 0 Å². The van der Waals surface area contributed by atoms with Crippen molar-refractivity contribution in [2.24, 2.45) is 5.92 Å². The van der Waals surface area contributed by atoms with Crippen molar-refractivity contribution in [3.63, 3.8) is 0 Å². The molecule has 0 unspecified atom stereocenters. The third-order valence-corrected chi connectivity index (χ3v) is 4.05. The maximum Gasteiger partial charge on any atom is 0.330 e. The monoisotopic (exact) mass is 222 g/mol. The number of fused-ring (bicyclic) bond motifs is 6. The molecule has 16 heavy (non-hydrogen) atoms. The van der Waals surface area contributed by atoms with E-state index in [-0.39, 0.29) is 11.6 Å². The third kappa shape index (κ3) is 2.66. The van der Waals surface area contributed by atoms with Gasteiger partial charge in [0.15, 0.2) is 0 Å². The minimum atomic E-state index is -0.240. The number of ether oxygens (including phenoxy) is 1. The molecule has 0 aromatic heterocycles. The summed E-state index contributed by atoms with van der Waals surface area (Å²) in [7, 11) is 0. The average Bonchev–Trinajstić information content (AvgIpc) is 2.26. The van der Waals surface area contributed by atoms with Crippen molar-refractivity contribution in [1.29, 1.82) is 0 Å². The Hall–Kier alpha value is -0.790. The Balaban J connectivity index is 1.92. The Morgan fingerprint density at radius 2 is 1.88 bits per heavy atom. The largest absolute Gasteiger partial charge is 0.456 e. The molecule has 3 aliphatic rings. The van der Waals surface area contributed by atoms with Gasteiger partial charge in [0.25, 0.3) is 0 Å². The molecule has 0 heterocycles. The molecule has 0 aromatic carbocycles.